The average Bonchev–Trinajstić information content (AvgIpc) is 2.81. The van der Waals surface area contributed by atoms with E-state index in [0.29, 0.717) is 29.2 Å². The van der Waals surface area contributed by atoms with E-state index >= 15 is 0 Å². The van der Waals surface area contributed by atoms with Gasteiger partial charge in [0.1, 0.15) is 0 Å². The topological polar surface area (TPSA) is 84.4 Å². The Morgan fingerprint density at radius 3 is 2.75 bits per heavy atom. The number of hydrogen-bond donors (Lipinski definition) is 2. The number of hydrogen-bond acceptors (Lipinski definition) is 5. The Kier molecular flexibility index (Phi) is 3.93. The zero-order valence-electron chi connectivity index (χ0n) is 11.8. The predicted octanol–water partition coefficient (Wildman–Crippen LogP) is 1.88. The Morgan fingerprint density at radius 2 is 2.15 bits per heavy atom. The number of nitrogens with zero attached hydrogens (tertiary/aromatic N) is 2. The van der Waals surface area contributed by atoms with Crippen LogP contribution in [0.25, 0.3) is 0 Å². The van der Waals surface area contributed by atoms with E-state index in [9.17, 15) is 4.79 Å². The van der Waals surface area contributed by atoms with Crippen LogP contribution in [-0.2, 0) is 6.54 Å². The molecule has 1 aromatic carbocycles. The minimum absolute atomic E-state index is 0.0822. The zero-order valence-corrected chi connectivity index (χ0v) is 11.8. The molecule has 0 aliphatic rings. The lowest BCUT2D eigenvalue weighted by atomic mass is 10.1. The maximum absolute atomic E-state index is 12.1. The molecule has 6 heteroatoms. The van der Waals surface area contributed by atoms with Crippen molar-refractivity contribution in [2.24, 2.45) is 0 Å². The van der Waals surface area contributed by atoms with E-state index in [1.165, 1.54) is 4.90 Å². The Hall–Kier alpha value is -2.50. The van der Waals surface area contributed by atoms with Crippen LogP contribution >= 0.6 is 0 Å². The molecule has 0 aliphatic heterocycles. The van der Waals surface area contributed by atoms with Crippen molar-refractivity contribution in [1.29, 1.82) is 0 Å². The summed E-state index contributed by atoms with van der Waals surface area (Å²) in [6, 6.07) is 7.00. The second-order valence-electron chi connectivity index (χ2n) is 4.79. The highest BCUT2D eigenvalue weighted by molar-refractivity contribution is 5.99. The van der Waals surface area contributed by atoms with Crippen LogP contribution in [0.2, 0.25) is 0 Å². The van der Waals surface area contributed by atoms with Gasteiger partial charge in [-0.05, 0) is 25.1 Å². The van der Waals surface area contributed by atoms with Crippen LogP contribution in [-0.4, -0.2) is 30.1 Å². The predicted molar refractivity (Wildman–Crippen MR) is 77.4 cm³/mol. The molecule has 0 bridgehead atoms. The van der Waals surface area contributed by atoms with Crippen molar-refractivity contribution in [3.05, 3.63) is 41.3 Å². The van der Waals surface area contributed by atoms with Crippen LogP contribution in [0, 0.1) is 6.92 Å². The number of rotatable bonds is 4. The number of anilines is 2. The van der Waals surface area contributed by atoms with E-state index in [0.717, 1.165) is 5.69 Å². The molecule has 20 heavy (non-hydrogen) atoms. The van der Waals surface area contributed by atoms with E-state index in [1.807, 2.05) is 13.0 Å². The fraction of sp³-hybridized carbons (Fsp3) is 0.286. The second kappa shape index (κ2) is 5.64. The molecule has 0 aliphatic carbocycles. The quantitative estimate of drug-likeness (QED) is 0.832. The third-order valence-electron chi connectivity index (χ3n) is 2.81. The van der Waals surface area contributed by atoms with E-state index in [4.69, 9.17) is 10.3 Å². The first-order chi connectivity index (χ1) is 9.47. The van der Waals surface area contributed by atoms with Gasteiger partial charge in [0.05, 0.1) is 17.8 Å². The van der Waals surface area contributed by atoms with E-state index in [-0.39, 0.29) is 5.91 Å². The van der Waals surface area contributed by atoms with Crippen molar-refractivity contribution in [2.45, 2.75) is 13.5 Å². The number of amides is 1. The minimum atomic E-state index is -0.0822. The summed E-state index contributed by atoms with van der Waals surface area (Å²) >= 11 is 0. The Morgan fingerprint density at radius 1 is 1.40 bits per heavy atom. The Balaban J connectivity index is 2.21. The fourth-order valence-electron chi connectivity index (χ4n) is 1.82. The summed E-state index contributed by atoms with van der Waals surface area (Å²) in [4.78, 5) is 13.6. The summed E-state index contributed by atoms with van der Waals surface area (Å²) in [5, 5.41) is 6.98. The number of nitrogens with two attached hydrogens (primary N) is 1. The maximum Gasteiger partial charge on any atom is 0.255 e. The highest BCUT2D eigenvalue weighted by Crippen LogP contribution is 2.21. The molecule has 0 saturated carbocycles. The van der Waals surface area contributed by atoms with Gasteiger partial charge in [-0.3, -0.25) is 4.79 Å². The van der Waals surface area contributed by atoms with Crippen LogP contribution in [0.5, 0.6) is 0 Å². The van der Waals surface area contributed by atoms with Gasteiger partial charge in [-0.1, -0.05) is 5.16 Å². The highest BCUT2D eigenvalue weighted by Gasteiger charge is 2.14. The lowest BCUT2D eigenvalue weighted by Crippen LogP contribution is -2.23. The third-order valence-corrected chi connectivity index (χ3v) is 2.81. The smallest absolute Gasteiger partial charge is 0.255 e. The van der Waals surface area contributed by atoms with Crippen molar-refractivity contribution in [3.8, 4) is 0 Å². The zero-order chi connectivity index (χ0) is 14.7. The molecular weight excluding hydrogens is 256 g/mol. The summed E-state index contributed by atoms with van der Waals surface area (Å²) in [6.07, 6.45) is 0. The number of benzene rings is 1. The van der Waals surface area contributed by atoms with Gasteiger partial charge in [0, 0.05) is 31.5 Å². The van der Waals surface area contributed by atoms with Crippen LogP contribution < -0.4 is 11.1 Å². The number of aryl methyl sites for hydroxylation is 1. The molecule has 6 nitrogen and oxygen atoms in total. The summed E-state index contributed by atoms with van der Waals surface area (Å²) in [6.45, 7) is 2.30. The molecule has 106 valence electrons. The minimum Gasteiger partial charge on any atom is -0.399 e. The van der Waals surface area contributed by atoms with Crippen LogP contribution in [0.3, 0.4) is 0 Å². The first-order valence-electron chi connectivity index (χ1n) is 6.24. The van der Waals surface area contributed by atoms with Gasteiger partial charge in [-0.15, -0.1) is 0 Å². The van der Waals surface area contributed by atoms with Crippen molar-refractivity contribution in [3.63, 3.8) is 0 Å². The van der Waals surface area contributed by atoms with Crippen molar-refractivity contribution >= 4 is 17.3 Å². The van der Waals surface area contributed by atoms with Crippen molar-refractivity contribution in [1.82, 2.24) is 10.1 Å². The highest BCUT2D eigenvalue weighted by atomic mass is 16.5. The first-order valence-corrected chi connectivity index (χ1v) is 6.24. The molecule has 0 atom stereocenters. The molecule has 0 fully saturated rings. The Bertz CT molecular complexity index is 619. The summed E-state index contributed by atoms with van der Waals surface area (Å²) in [7, 11) is 3.42. The van der Waals surface area contributed by atoms with Gasteiger partial charge in [0.25, 0.3) is 5.91 Å². The number of carbonyl (C=O) groups excluding carboxylic acids is 1. The standard InChI is InChI=1S/C14H18N4O2/c1-9-6-11(20-17-9)8-16-13-7-10(15)4-5-12(13)14(19)18(2)3/h4-7,16H,8,15H2,1-3H3. The van der Waals surface area contributed by atoms with Gasteiger partial charge in [-0.2, -0.15) is 0 Å². The van der Waals surface area contributed by atoms with E-state index in [2.05, 4.69) is 10.5 Å². The number of carbonyl (C=O) groups is 1. The number of nitrogen functional groups attached to an aromatic ring is 1. The van der Waals surface area contributed by atoms with Crippen molar-refractivity contribution < 1.29 is 9.32 Å². The first kappa shape index (κ1) is 13.9. The monoisotopic (exact) mass is 274 g/mol. The van der Waals surface area contributed by atoms with Crippen LogP contribution in [0.1, 0.15) is 21.8 Å². The molecule has 2 aromatic rings. The normalized spacial score (nSPS) is 10.3. The fourth-order valence-corrected chi connectivity index (χ4v) is 1.82. The molecule has 1 aromatic heterocycles. The molecule has 0 radical (unpaired) electrons. The van der Waals surface area contributed by atoms with Gasteiger partial charge in [-0.25, -0.2) is 0 Å². The molecule has 0 saturated heterocycles. The van der Waals surface area contributed by atoms with Crippen LogP contribution in [0.15, 0.2) is 28.8 Å². The number of nitrogens with one attached hydrogen (secondary N) is 1. The molecule has 1 heterocycles. The SMILES string of the molecule is Cc1cc(CNc2cc(N)ccc2C(=O)N(C)C)on1. The van der Waals surface area contributed by atoms with Gasteiger partial charge < -0.3 is 20.5 Å². The van der Waals surface area contributed by atoms with Gasteiger partial charge >= 0.3 is 0 Å². The van der Waals surface area contributed by atoms with E-state index in [1.54, 1.807) is 32.3 Å². The molecule has 3 N–H and O–H groups in total. The molecule has 2 rings (SSSR count). The van der Waals surface area contributed by atoms with Gasteiger partial charge in [0.2, 0.25) is 0 Å². The molecule has 1 amide bonds. The largest absolute Gasteiger partial charge is 0.399 e. The summed E-state index contributed by atoms with van der Waals surface area (Å²) in [5.41, 5.74) is 8.44. The maximum atomic E-state index is 12.1. The second-order valence-corrected chi connectivity index (χ2v) is 4.79. The number of aromatic nitrogens is 1. The molecule has 0 unspecified atom stereocenters. The molecule has 0 spiro atoms. The lowest BCUT2D eigenvalue weighted by molar-refractivity contribution is 0.0828. The van der Waals surface area contributed by atoms with E-state index < -0.39 is 0 Å². The van der Waals surface area contributed by atoms with Crippen LogP contribution in [0.4, 0.5) is 11.4 Å². The van der Waals surface area contributed by atoms with Gasteiger partial charge in [0.15, 0.2) is 5.76 Å². The summed E-state index contributed by atoms with van der Waals surface area (Å²) in [5.74, 6) is 0.620. The Labute approximate surface area is 117 Å². The average molecular weight is 274 g/mol. The third kappa shape index (κ3) is 3.09. The lowest BCUT2D eigenvalue weighted by Gasteiger charge is -2.15. The summed E-state index contributed by atoms with van der Waals surface area (Å²) < 4.78 is 5.12. The van der Waals surface area contributed by atoms with Crippen molar-refractivity contribution in [2.75, 3.05) is 25.1 Å². The molecular formula is C14H18N4O2.